The molecule has 1 aliphatic heterocycles. The van der Waals surface area contributed by atoms with E-state index in [-0.39, 0.29) is 11.9 Å². The second-order valence-electron chi connectivity index (χ2n) is 8.23. The van der Waals surface area contributed by atoms with Gasteiger partial charge in [0.15, 0.2) is 0 Å². The van der Waals surface area contributed by atoms with Crippen LogP contribution in [-0.4, -0.2) is 61.8 Å². The summed E-state index contributed by atoms with van der Waals surface area (Å²) in [5.41, 5.74) is 1.71. The lowest BCUT2D eigenvalue weighted by Gasteiger charge is -2.37. The highest BCUT2D eigenvalue weighted by Gasteiger charge is 2.33. The number of rotatable bonds is 5. The van der Waals surface area contributed by atoms with Crippen LogP contribution in [0.3, 0.4) is 0 Å². The maximum atomic E-state index is 13.1. The zero-order chi connectivity index (χ0) is 20.3. The molecule has 1 atom stereocenters. The summed E-state index contributed by atoms with van der Waals surface area (Å²) in [6.45, 7) is 7.64. The molecule has 0 spiro atoms. The highest BCUT2D eigenvalue weighted by Crippen LogP contribution is 2.23. The number of aryl methyl sites for hydroxylation is 2. The molecule has 1 heterocycles. The van der Waals surface area contributed by atoms with Gasteiger partial charge in [0, 0.05) is 32.2 Å². The van der Waals surface area contributed by atoms with E-state index in [0.717, 1.165) is 24.0 Å². The third-order valence-electron chi connectivity index (χ3n) is 6.11. The van der Waals surface area contributed by atoms with Crippen LogP contribution in [0.1, 0.15) is 50.2 Å². The Balaban J connectivity index is 1.58. The maximum Gasteiger partial charge on any atom is 0.243 e. The highest BCUT2D eigenvalue weighted by molar-refractivity contribution is 7.89. The zero-order valence-corrected chi connectivity index (χ0v) is 18.1. The summed E-state index contributed by atoms with van der Waals surface area (Å²) in [6, 6.07) is 5.61. The number of hydrogen-bond donors (Lipinski definition) is 1. The van der Waals surface area contributed by atoms with E-state index in [0.29, 0.717) is 37.1 Å². The minimum atomic E-state index is -3.50. The molecule has 0 radical (unpaired) electrons. The molecule has 156 valence electrons. The van der Waals surface area contributed by atoms with Crippen LogP contribution in [0.2, 0.25) is 0 Å². The Labute approximate surface area is 169 Å². The van der Waals surface area contributed by atoms with E-state index in [2.05, 4.69) is 10.2 Å². The van der Waals surface area contributed by atoms with Gasteiger partial charge in [-0.05, 0) is 50.8 Å². The van der Waals surface area contributed by atoms with E-state index >= 15 is 0 Å². The van der Waals surface area contributed by atoms with E-state index in [9.17, 15) is 13.2 Å². The Morgan fingerprint density at radius 1 is 1.07 bits per heavy atom. The van der Waals surface area contributed by atoms with Crippen molar-refractivity contribution in [2.45, 2.75) is 69.9 Å². The van der Waals surface area contributed by atoms with Crippen molar-refractivity contribution in [1.82, 2.24) is 14.5 Å². The quantitative estimate of drug-likeness (QED) is 0.814. The number of amides is 1. The molecule has 1 aromatic carbocycles. The minimum absolute atomic E-state index is 0.0673. The average molecular weight is 408 g/mol. The number of piperazine rings is 1. The Morgan fingerprint density at radius 2 is 1.71 bits per heavy atom. The summed E-state index contributed by atoms with van der Waals surface area (Å²) < 4.78 is 27.7. The van der Waals surface area contributed by atoms with Crippen LogP contribution >= 0.6 is 0 Å². The molecule has 2 aliphatic rings. The second-order valence-corrected chi connectivity index (χ2v) is 10.1. The van der Waals surface area contributed by atoms with Gasteiger partial charge in [0.05, 0.1) is 10.9 Å². The molecule has 0 bridgehead atoms. The number of benzene rings is 1. The number of nitrogens with zero attached hydrogens (tertiary/aromatic N) is 2. The molecule has 2 fully saturated rings. The lowest BCUT2D eigenvalue weighted by Crippen LogP contribution is -2.56. The summed E-state index contributed by atoms with van der Waals surface area (Å²) in [5.74, 6) is 0.0673. The summed E-state index contributed by atoms with van der Waals surface area (Å²) in [7, 11) is -3.50. The van der Waals surface area contributed by atoms with Crippen molar-refractivity contribution in [1.29, 1.82) is 0 Å². The third-order valence-corrected chi connectivity index (χ3v) is 8.15. The van der Waals surface area contributed by atoms with Gasteiger partial charge in [0.1, 0.15) is 0 Å². The fourth-order valence-electron chi connectivity index (χ4n) is 4.19. The topological polar surface area (TPSA) is 69.7 Å². The van der Waals surface area contributed by atoms with Crippen molar-refractivity contribution in [3.05, 3.63) is 29.3 Å². The first-order chi connectivity index (χ1) is 13.3. The normalized spacial score (nSPS) is 21.4. The molecule has 1 saturated carbocycles. The van der Waals surface area contributed by atoms with Gasteiger partial charge in [0.25, 0.3) is 0 Å². The van der Waals surface area contributed by atoms with Crippen molar-refractivity contribution >= 4 is 15.9 Å². The molecule has 6 nitrogen and oxygen atoms in total. The molecule has 0 aromatic heterocycles. The Kier molecular flexibility index (Phi) is 6.78. The standard InChI is InChI=1S/C21H33N3O3S/c1-16-9-10-17(2)20(15-16)28(26,27)24-13-11-23(12-14-24)18(3)21(25)22-19-7-5-4-6-8-19/h9-10,15,18-19H,4-8,11-14H2,1-3H3,(H,22,25)/t18-/m1/s1. The van der Waals surface area contributed by atoms with Crippen molar-refractivity contribution in [3.8, 4) is 0 Å². The van der Waals surface area contributed by atoms with Crippen molar-refractivity contribution in [3.63, 3.8) is 0 Å². The number of hydrogen-bond acceptors (Lipinski definition) is 4. The third kappa shape index (κ3) is 4.75. The lowest BCUT2D eigenvalue weighted by atomic mass is 9.95. The van der Waals surface area contributed by atoms with Gasteiger partial charge in [-0.2, -0.15) is 4.31 Å². The lowest BCUT2D eigenvalue weighted by molar-refractivity contribution is -0.127. The molecule has 1 aromatic rings. The molecule has 1 aliphatic carbocycles. The number of carbonyl (C=O) groups excluding carboxylic acids is 1. The van der Waals surface area contributed by atoms with Crippen LogP contribution in [0.4, 0.5) is 0 Å². The van der Waals surface area contributed by atoms with Crippen molar-refractivity contribution in [2.75, 3.05) is 26.2 Å². The van der Waals surface area contributed by atoms with E-state index in [4.69, 9.17) is 0 Å². The van der Waals surface area contributed by atoms with E-state index in [1.165, 1.54) is 19.3 Å². The Morgan fingerprint density at radius 3 is 2.36 bits per heavy atom. The van der Waals surface area contributed by atoms with Crippen LogP contribution < -0.4 is 5.32 Å². The largest absolute Gasteiger partial charge is 0.352 e. The fraction of sp³-hybridized carbons (Fsp3) is 0.667. The van der Waals surface area contributed by atoms with Gasteiger partial charge < -0.3 is 5.32 Å². The van der Waals surface area contributed by atoms with Crippen molar-refractivity contribution < 1.29 is 13.2 Å². The summed E-state index contributed by atoms with van der Waals surface area (Å²) in [4.78, 5) is 15.1. The Bertz CT molecular complexity index is 795. The van der Waals surface area contributed by atoms with Gasteiger partial charge in [-0.15, -0.1) is 0 Å². The number of nitrogens with one attached hydrogen (secondary N) is 1. The molecule has 3 rings (SSSR count). The average Bonchev–Trinajstić information content (AvgIpc) is 2.70. The molecule has 0 unspecified atom stereocenters. The van der Waals surface area contributed by atoms with E-state index in [1.54, 1.807) is 10.4 Å². The van der Waals surface area contributed by atoms with E-state index < -0.39 is 10.0 Å². The van der Waals surface area contributed by atoms with Crippen LogP contribution in [0.15, 0.2) is 23.1 Å². The SMILES string of the molecule is Cc1ccc(C)c(S(=O)(=O)N2CCN([C@H](C)C(=O)NC3CCCCC3)CC2)c1. The van der Waals surface area contributed by atoms with Crippen molar-refractivity contribution in [2.24, 2.45) is 0 Å². The first-order valence-corrected chi connectivity index (χ1v) is 11.8. The molecule has 28 heavy (non-hydrogen) atoms. The Hall–Kier alpha value is -1.44. The fourth-order valence-corrected chi connectivity index (χ4v) is 5.92. The predicted octanol–water partition coefficient (Wildman–Crippen LogP) is 2.45. The molecular formula is C21H33N3O3S. The smallest absolute Gasteiger partial charge is 0.243 e. The first-order valence-electron chi connectivity index (χ1n) is 10.4. The van der Waals surface area contributed by atoms with E-state index in [1.807, 2.05) is 32.9 Å². The molecule has 7 heteroatoms. The van der Waals surface area contributed by atoms with Gasteiger partial charge >= 0.3 is 0 Å². The first kappa shape index (κ1) is 21.3. The van der Waals surface area contributed by atoms with Gasteiger partial charge in [0.2, 0.25) is 15.9 Å². The van der Waals surface area contributed by atoms with Gasteiger partial charge in [-0.25, -0.2) is 8.42 Å². The summed E-state index contributed by atoms with van der Waals surface area (Å²) >= 11 is 0. The number of sulfonamides is 1. The molecule has 1 saturated heterocycles. The molecule has 1 amide bonds. The number of carbonyl (C=O) groups is 1. The summed E-state index contributed by atoms with van der Waals surface area (Å²) in [5, 5.41) is 3.18. The van der Waals surface area contributed by atoms with Crippen LogP contribution in [0, 0.1) is 13.8 Å². The highest BCUT2D eigenvalue weighted by atomic mass is 32.2. The van der Waals surface area contributed by atoms with Gasteiger partial charge in [-0.3, -0.25) is 9.69 Å². The van der Waals surface area contributed by atoms with Crippen LogP contribution in [0.25, 0.3) is 0 Å². The van der Waals surface area contributed by atoms with Gasteiger partial charge in [-0.1, -0.05) is 31.4 Å². The minimum Gasteiger partial charge on any atom is -0.352 e. The second kappa shape index (κ2) is 8.93. The predicted molar refractivity (Wildman–Crippen MR) is 111 cm³/mol. The summed E-state index contributed by atoms with van der Waals surface area (Å²) in [6.07, 6.45) is 5.78. The molecular weight excluding hydrogens is 374 g/mol. The molecule has 1 N–H and O–H groups in total. The van der Waals surface area contributed by atoms with Crippen LogP contribution in [-0.2, 0) is 14.8 Å². The zero-order valence-electron chi connectivity index (χ0n) is 17.3. The monoisotopic (exact) mass is 407 g/mol. The maximum absolute atomic E-state index is 13.1. The van der Waals surface area contributed by atoms with Crippen LogP contribution in [0.5, 0.6) is 0 Å².